The Hall–Kier alpha value is -1.22. The minimum absolute atomic E-state index is 0.00551. The van der Waals surface area contributed by atoms with Gasteiger partial charge in [0.25, 0.3) is 0 Å². The molecule has 0 aliphatic heterocycles. The van der Waals surface area contributed by atoms with Crippen molar-refractivity contribution in [3.63, 3.8) is 0 Å². The Labute approximate surface area is 119 Å². The third-order valence-electron chi connectivity index (χ3n) is 2.31. The number of ketones is 1. The number of carbonyl (C=O) groups excluding carboxylic acids is 1. The first-order chi connectivity index (χ1) is 8.81. The van der Waals surface area contributed by atoms with Crippen molar-refractivity contribution >= 4 is 17.4 Å². The van der Waals surface area contributed by atoms with Crippen molar-refractivity contribution in [2.75, 3.05) is 0 Å². The zero-order chi connectivity index (χ0) is 14.6. The van der Waals surface area contributed by atoms with E-state index in [1.807, 2.05) is 27.7 Å². The highest BCUT2D eigenvalue weighted by atomic mass is 35.5. The van der Waals surface area contributed by atoms with Crippen LogP contribution in [0.5, 0.6) is 11.5 Å². The van der Waals surface area contributed by atoms with E-state index in [0.29, 0.717) is 17.1 Å². The molecule has 106 valence electrons. The summed E-state index contributed by atoms with van der Waals surface area (Å²) in [4.78, 5) is 12.1. The van der Waals surface area contributed by atoms with Crippen molar-refractivity contribution in [3.8, 4) is 11.5 Å². The molecule has 0 aromatic heterocycles. The van der Waals surface area contributed by atoms with Crippen molar-refractivity contribution < 1.29 is 14.3 Å². The van der Waals surface area contributed by atoms with E-state index in [1.165, 1.54) is 0 Å². The van der Waals surface area contributed by atoms with Crippen molar-refractivity contribution in [2.24, 2.45) is 0 Å². The molecule has 0 spiro atoms. The van der Waals surface area contributed by atoms with Crippen molar-refractivity contribution in [1.29, 1.82) is 0 Å². The summed E-state index contributed by atoms with van der Waals surface area (Å²) in [6.07, 6.45) is 0.0438. The molecule has 0 aliphatic rings. The molecule has 1 aromatic carbocycles. The second-order valence-corrected chi connectivity index (χ2v) is 5.63. The maximum absolute atomic E-state index is 12.1. The number of alkyl halides is 1. The van der Waals surface area contributed by atoms with Gasteiger partial charge in [-0.3, -0.25) is 4.79 Å². The van der Waals surface area contributed by atoms with E-state index >= 15 is 0 Å². The number of benzene rings is 1. The summed E-state index contributed by atoms with van der Waals surface area (Å²) in [6.45, 7) is 9.35. The van der Waals surface area contributed by atoms with E-state index in [9.17, 15) is 4.79 Å². The molecule has 1 aromatic rings. The highest BCUT2D eigenvalue weighted by Gasteiger charge is 2.19. The lowest BCUT2D eigenvalue weighted by Gasteiger charge is -2.17. The minimum atomic E-state index is -0.594. The van der Waals surface area contributed by atoms with Gasteiger partial charge in [0.2, 0.25) is 0 Å². The Morgan fingerprint density at radius 2 is 1.63 bits per heavy atom. The number of hydrogen-bond donors (Lipinski definition) is 0. The zero-order valence-corrected chi connectivity index (χ0v) is 12.8. The molecular formula is C15H21ClO3. The molecule has 0 saturated heterocycles. The minimum Gasteiger partial charge on any atom is -0.491 e. The monoisotopic (exact) mass is 284 g/mol. The molecule has 0 aliphatic carbocycles. The van der Waals surface area contributed by atoms with E-state index in [1.54, 1.807) is 25.1 Å². The SMILES string of the molecule is CC(C)Oc1ccc(OC(C)C)c(C(=O)C(C)Cl)c1. The maximum atomic E-state index is 12.1. The molecule has 19 heavy (non-hydrogen) atoms. The number of rotatable bonds is 6. The molecule has 3 nitrogen and oxygen atoms in total. The quantitative estimate of drug-likeness (QED) is 0.583. The predicted octanol–water partition coefficient (Wildman–Crippen LogP) is 4.07. The van der Waals surface area contributed by atoms with Crippen LogP contribution >= 0.6 is 11.6 Å². The average Bonchev–Trinajstić information content (AvgIpc) is 2.28. The lowest BCUT2D eigenvalue weighted by Crippen LogP contribution is -2.15. The molecule has 1 unspecified atom stereocenters. The standard InChI is InChI=1S/C15H21ClO3/c1-9(2)18-12-6-7-14(19-10(3)4)13(8-12)15(17)11(5)16/h6-11H,1-5H3. The van der Waals surface area contributed by atoms with Crippen molar-refractivity contribution in [2.45, 2.75) is 52.2 Å². The second-order valence-electron chi connectivity index (χ2n) is 4.97. The second kappa shape index (κ2) is 6.80. The maximum Gasteiger partial charge on any atom is 0.184 e. The van der Waals surface area contributed by atoms with Crippen molar-refractivity contribution in [3.05, 3.63) is 23.8 Å². The lowest BCUT2D eigenvalue weighted by atomic mass is 10.1. The predicted molar refractivity (Wildman–Crippen MR) is 77.6 cm³/mol. The molecule has 0 N–H and O–H groups in total. The molecule has 0 bridgehead atoms. The van der Waals surface area contributed by atoms with E-state index in [0.717, 1.165) is 0 Å². The van der Waals surface area contributed by atoms with Crippen LogP contribution in [0.3, 0.4) is 0 Å². The number of carbonyl (C=O) groups is 1. The Morgan fingerprint density at radius 3 is 2.11 bits per heavy atom. The van der Waals surface area contributed by atoms with Gasteiger partial charge in [0.15, 0.2) is 5.78 Å². The van der Waals surface area contributed by atoms with E-state index < -0.39 is 5.38 Å². The summed E-state index contributed by atoms with van der Waals surface area (Å²) in [5.41, 5.74) is 0.467. The van der Waals surface area contributed by atoms with E-state index in [4.69, 9.17) is 21.1 Å². The van der Waals surface area contributed by atoms with Crippen LogP contribution < -0.4 is 9.47 Å². The summed E-state index contributed by atoms with van der Waals surface area (Å²) < 4.78 is 11.2. The molecular weight excluding hydrogens is 264 g/mol. The summed E-state index contributed by atoms with van der Waals surface area (Å²) in [7, 11) is 0. The molecule has 1 rings (SSSR count). The molecule has 4 heteroatoms. The van der Waals surface area contributed by atoms with Gasteiger partial charge in [0.05, 0.1) is 23.1 Å². The number of halogens is 1. The first-order valence-electron chi connectivity index (χ1n) is 6.47. The Kier molecular flexibility index (Phi) is 5.67. The molecule has 0 saturated carbocycles. The third kappa shape index (κ3) is 4.75. The summed E-state index contributed by atoms with van der Waals surface area (Å²) in [5, 5.41) is -0.594. The van der Waals surface area contributed by atoms with E-state index in [2.05, 4.69) is 0 Å². The highest BCUT2D eigenvalue weighted by Crippen LogP contribution is 2.28. The third-order valence-corrected chi connectivity index (χ3v) is 2.51. The van der Waals surface area contributed by atoms with Gasteiger partial charge in [-0.2, -0.15) is 0 Å². The van der Waals surface area contributed by atoms with Gasteiger partial charge in [0, 0.05) is 0 Å². The summed E-state index contributed by atoms with van der Waals surface area (Å²) >= 11 is 5.88. The normalized spacial score (nSPS) is 12.6. The Morgan fingerprint density at radius 1 is 1.05 bits per heavy atom. The Bertz CT molecular complexity index is 439. The fourth-order valence-corrected chi connectivity index (χ4v) is 1.74. The smallest absolute Gasteiger partial charge is 0.184 e. The van der Waals surface area contributed by atoms with Crippen molar-refractivity contribution in [1.82, 2.24) is 0 Å². The summed E-state index contributed by atoms with van der Waals surface area (Å²) in [5.74, 6) is 1.03. The van der Waals surface area contributed by atoms with Crippen LogP contribution in [0.4, 0.5) is 0 Å². The van der Waals surface area contributed by atoms with Gasteiger partial charge in [-0.1, -0.05) is 0 Å². The van der Waals surface area contributed by atoms with Gasteiger partial charge in [-0.15, -0.1) is 11.6 Å². The van der Waals surface area contributed by atoms with Gasteiger partial charge in [0.1, 0.15) is 11.5 Å². The van der Waals surface area contributed by atoms with Crippen LogP contribution in [0.25, 0.3) is 0 Å². The van der Waals surface area contributed by atoms with Crippen LogP contribution in [-0.4, -0.2) is 23.4 Å². The van der Waals surface area contributed by atoms with Crippen LogP contribution in [0.15, 0.2) is 18.2 Å². The van der Waals surface area contributed by atoms with Crippen LogP contribution in [-0.2, 0) is 0 Å². The van der Waals surface area contributed by atoms with Crippen LogP contribution in [0, 0.1) is 0 Å². The van der Waals surface area contributed by atoms with Gasteiger partial charge in [-0.05, 0) is 52.8 Å². The first-order valence-corrected chi connectivity index (χ1v) is 6.90. The number of ether oxygens (including phenoxy) is 2. The fraction of sp³-hybridized carbons (Fsp3) is 0.533. The first kappa shape index (κ1) is 15.8. The van der Waals surface area contributed by atoms with Gasteiger partial charge < -0.3 is 9.47 Å². The lowest BCUT2D eigenvalue weighted by molar-refractivity contribution is 0.0985. The van der Waals surface area contributed by atoms with Crippen LogP contribution in [0.1, 0.15) is 45.0 Å². The largest absolute Gasteiger partial charge is 0.491 e. The molecule has 0 amide bonds. The molecule has 0 heterocycles. The molecule has 1 atom stereocenters. The molecule has 0 radical (unpaired) electrons. The highest BCUT2D eigenvalue weighted by molar-refractivity contribution is 6.34. The van der Waals surface area contributed by atoms with Gasteiger partial charge >= 0.3 is 0 Å². The summed E-state index contributed by atoms with van der Waals surface area (Å²) in [6, 6.07) is 5.25. The average molecular weight is 285 g/mol. The number of hydrogen-bond acceptors (Lipinski definition) is 3. The fourth-order valence-electron chi connectivity index (χ4n) is 1.62. The molecule has 0 fully saturated rings. The van der Waals surface area contributed by atoms with Gasteiger partial charge in [-0.25, -0.2) is 0 Å². The number of Topliss-reactive ketones (excluding diaryl/α,β-unsaturated/α-hetero) is 1. The Balaban J connectivity index is 3.14. The van der Waals surface area contributed by atoms with Crippen LogP contribution in [0.2, 0.25) is 0 Å². The topological polar surface area (TPSA) is 35.5 Å². The van der Waals surface area contributed by atoms with E-state index in [-0.39, 0.29) is 18.0 Å². The zero-order valence-electron chi connectivity index (χ0n) is 12.1.